The lowest BCUT2D eigenvalue weighted by Crippen LogP contribution is -2.19. The number of hydrogen-bond acceptors (Lipinski definition) is 10. The third kappa shape index (κ3) is 5.88. The van der Waals surface area contributed by atoms with Crippen molar-refractivity contribution in [3.8, 4) is 11.5 Å². The molecule has 1 heterocycles. The lowest BCUT2D eigenvalue weighted by Gasteiger charge is -2.12. The summed E-state index contributed by atoms with van der Waals surface area (Å²) >= 11 is 0. The maximum atomic E-state index is 12.6. The van der Waals surface area contributed by atoms with Crippen LogP contribution < -0.4 is 14.8 Å². The number of esters is 2. The fourth-order valence-electron chi connectivity index (χ4n) is 2.13. The number of nitrogens with zero attached hydrogens (tertiary/aromatic N) is 2. The van der Waals surface area contributed by atoms with E-state index in [-0.39, 0.29) is 35.8 Å². The largest absolute Gasteiger partial charge is 0.497 e. The molecule has 2 aromatic rings. The second-order valence-corrected chi connectivity index (χ2v) is 7.81. The van der Waals surface area contributed by atoms with E-state index in [0.29, 0.717) is 5.75 Å². The molecule has 1 N–H and O–H groups in total. The molecule has 0 saturated heterocycles. The van der Waals surface area contributed by atoms with Crippen molar-refractivity contribution in [2.24, 2.45) is 0 Å². The third-order valence-corrected chi connectivity index (χ3v) is 5.27. The Kier molecular flexibility index (Phi) is 7.48. The van der Waals surface area contributed by atoms with E-state index >= 15 is 0 Å². The van der Waals surface area contributed by atoms with Crippen LogP contribution in [-0.2, 0) is 19.4 Å². The number of hydrogen-bond donors (Lipinski definition) is 1. The highest BCUT2D eigenvalue weighted by molar-refractivity contribution is 7.91. The number of benzene rings is 1. The molecule has 1 aromatic carbocycles. The van der Waals surface area contributed by atoms with Gasteiger partial charge in [0.1, 0.15) is 11.5 Å². The van der Waals surface area contributed by atoms with Crippen molar-refractivity contribution in [3.63, 3.8) is 0 Å². The summed E-state index contributed by atoms with van der Waals surface area (Å²) in [6.45, 7) is 1.56. The Morgan fingerprint density at radius 3 is 2.34 bits per heavy atom. The highest BCUT2D eigenvalue weighted by Gasteiger charge is 2.23. The lowest BCUT2D eigenvalue weighted by molar-refractivity contribution is -0.140. The summed E-state index contributed by atoms with van der Waals surface area (Å²) in [6, 6.07) is 6.24. The molecule has 0 bridgehead atoms. The van der Waals surface area contributed by atoms with E-state index in [1.807, 2.05) is 0 Å². The third-order valence-electron chi connectivity index (χ3n) is 3.76. The van der Waals surface area contributed by atoms with Crippen LogP contribution in [0, 0.1) is 0 Å². The molecule has 0 amide bonds. The lowest BCUT2D eigenvalue weighted by atomic mass is 10.3. The van der Waals surface area contributed by atoms with Gasteiger partial charge in [-0.2, -0.15) is 0 Å². The Bertz CT molecular complexity index is 975. The Balaban J connectivity index is 2.31. The number of aromatic nitrogens is 2. The second-order valence-electron chi connectivity index (χ2n) is 5.64. The first-order chi connectivity index (χ1) is 13.8. The van der Waals surface area contributed by atoms with Gasteiger partial charge in [-0.15, -0.1) is 0 Å². The maximum Gasteiger partial charge on any atom is 0.364 e. The van der Waals surface area contributed by atoms with Gasteiger partial charge in [0.25, 0.3) is 0 Å². The van der Waals surface area contributed by atoms with Crippen LogP contribution in [0.2, 0.25) is 0 Å². The number of ether oxygens (including phenoxy) is 3. The summed E-state index contributed by atoms with van der Waals surface area (Å²) < 4.78 is 39.0. The van der Waals surface area contributed by atoms with Crippen LogP contribution in [0.1, 0.15) is 23.8 Å². The van der Waals surface area contributed by atoms with Crippen LogP contribution in [0.15, 0.2) is 35.6 Å². The number of nitrogens with one attached hydrogen (secondary N) is 1. The van der Waals surface area contributed by atoms with Gasteiger partial charge in [0.05, 0.1) is 38.3 Å². The second kappa shape index (κ2) is 9.82. The van der Waals surface area contributed by atoms with Crippen LogP contribution >= 0.6 is 0 Å². The fraction of sp³-hybridized carbons (Fsp3) is 0.333. The highest BCUT2D eigenvalue weighted by atomic mass is 32.2. The average molecular weight is 423 g/mol. The van der Waals surface area contributed by atoms with E-state index in [1.54, 1.807) is 12.1 Å². The zero-order chi connectivity index (χ0) is 21.4. The molecule has 0 unspecified atom stereocenters. The minimum Gasteiger partial charge on any atom is -0.497 e. The number of methoxy groups -OCH3 is 2. The number of anilines is 1. The van der Waals surface area contributed by atoms with Crippen molar-refractivity contribution in [1.82, 2.24) is 9.97 Å². The first-order valence-corrected chi connectivity index (χ1v) is 10.2. The topological polar surface area (TPSA) is 134 Å². The maximum absolute atomic E-state index is 12.6. The molecule has 0 radical (unpaired) electrons. The van der Waals surface area contributed by atoms with E-state index < -0.39 is 26.9 Å². The van der Waals surface area contributed by atoms with E-state index in [0.717, 1.165) is 6.20 Å². The molecule has 0 spiro atoms. The molecular formula is C18H21N3O7S. The quantitative estimate of drug-likeness (QED) is 0.359. The number of carbonyl (C=O) groups excluding carboxylic acids is 2. The van der Waals surface area contributed by atoms with E-state index in [1.165, 1.54) is 33.3 Å². The number of sulfone groups is 1. The first kappa shape index (κ1) is 22.1. The summed E-state index contributed by atoms with van der Waals surface area (Å²) in [5.74, 6) is -0.769. The summed E-state index contributed by atoms with van der Waals surface area (Å²) in [5, 5.41) is 2.33. The molecule has 2 rings (SSSR count). The van der Waals surface area contributed by atoms with Gasteiger partial charge in [0.15, 0.2) is 5.69 Å². The summed E-state index contributed by atoms with van der Waals surface area (Å²) in [5.41, 5.74) is -0.143. The average Bonchev–Trinajstić information content (AvgIpc) is 2.74. The zero-order valence-corrected chi connectivity index (χ0v) is 17.0. The molecule has 0 aliphatic heterocycles. The molecular weight excluding hydrogens is 402 g/mol. The minimum atomic E-state index is -3.74. The van der Waals surface area contributed by atoms with Crippen molar-refractivity contribution < 1.29 is 32.2 Å². The summed E-state index contributed by atoms with van der Waals surface area (Å²) in [7, 11) is -0.978. The SMILES string of the molecule is CCS(=O)(=O)c1ncc(NCCC(=O)OC)c(C(=O)Oc2ccc(OC)cc2)n1. The van der Waals surface area contributed by atoms with Crippen LogP contribution in [0.5, 0.6) is 11.5 Å². The predicted molar refractivity (Wildman–Crippen MR) is 103 cm³/mol. The predicted octanol–water partition coefficient (Wildman–Crippen LogP) is 1.47. The van der Waals surface area contributed by atoms with E-state index in [4.69, 9.17) is 9.47 Å². The minimum absolute atomic E-state index is 0.0263. The van der Waals surface area contributed by atoms with Gasteiger partial charge in [-0.3, -0.25) is 4.79 Å². The fourth-order valence-corrected chi connectivity index (χ4v) is 2.83. The van der Waals surface area contributed by atoms with Gasteiger partial charge in [0, 0.05) is 6.54 Å². The molecule has 0 saturated carbocycles. The van der Waals surface area contributed by atoms with Gasteiger partial charge >= 0.3 is 11.9 Å². The number of rotatable bonds is 9. The Morgan fingerprint density at radius 2 is 1.76 bits per heavy atom. The Morgan fingerprint density at radius 1 is 1.10 bits per heavy atom. The first-order valence-electron chi connectivity index (χ1n) is 8.57. The molecule has 10 nitrogen and oxygen atoms in total. The molecule has 1 aromatic heterocycles. The van der Waals surface area contributed by atoms with E-state index in [9.17, 15) is 18.0 Å². The molecule has 0 aliphatic rings. The van der Waals surface area contributed by atoms with Crippen LogP contribution in [0.3, 0.4) is 0 Å². The molecule has 0 aliphatic carbocycles. The normalized spacial score (nSPS) is 10.9. The molecule has 0 fully saturated rings. The van der Waals surface area contributed by atoms with Crippen LogP contribution in [0.25, 0.3) is 0 Å². The summed E-state index contributed by atoms with van der Waals surface area (Å²) in [4.78, 5) is 31.6. The van der Waals surface area contributed by atoms with Gasteiger partial charge in [-0.25, -0.2) is 23.2 Å². The molecule has 156 valence electrons. The monoisotopic (exact) mass is 423 g/mol. The van der Waals surface area contributed by atoms with Crippen LogP contribution in [-0.4, -0.2) is 56.8 Å². The van der Waals surface area contributed by atoms with Crippen molar-refractivity contribution in [2.45, 2.75) is 18.5 Å². The zero-order valence-electron chi connectivity index (χ0n) is 16.2. The van der Waals surface area contributed by atoms with Gasteiger partial charge in [0.2, 0.25) is 15.0 Å². The van der Waals surface area contributed by atoms with E-state index in [2.05, 4.69) is 20.0 Å². The van der Waals surface area contributed by atoms with Gasteiger partial charge < -0.3 is 19.5 Å². The highest BCUT2D eigenvalue weighted by Crippen LogP contribution is 2.21. The molecule has 29 heavy (non-hydrogen) atoms. The standard InChI is InChI=1S/C18H21N3O7S/c1-4-29(24,25)18-20-11-14(19-10-9-15(22)27-3)16(21-18)17(23)28-13-7-5-12(26-2)6-8-13/h5-8,11,19H,4,9-10H2,1-3H3. The van der Waals surface area contributed by atoms with Crippen molar-refractivity contribution in [1.29, 1.82) is 0 Å². The van der Waals surface area contributed by atoms with Gasteiger partial charge in [-0.05, 0) is 24.3 Å². The summed E-state index contributed by atoms with van der Waals surface area (Å²) in [6.07, 6.45) is 1.19. The van der Waals surface area contributed by atoms with Crippen LogP contribution in [0.4, 0.5) is 5.69 Å². The Hall–Kier alpha value is -3.21. The number of carbonyl (C=O) groups is 2. The van der Waals surface area contributed by atoms with Crippen molar-refractivity contribution in [2.75, 3.05) is 31.8 Å². The van der Waals surface area contributed by atoms with Crippen molar-refractivity contribution >= 4 is 27.5 Å². The Labute approximate surface area is 168 Å². The molecule has 11 heteroatoms. The smallest absolute Gasteiger partial charge is 0.364 e. The molecule has 0 atom stereocenters. The van der Waals surface area contributed by atoms with Crippen molar-refractivity contribution in [3.05, 3.63) is 36.2 Å². The van der Waals surface area contributed by atoms with Gasteiger partial charge in [-0.1, -0.05) is 6.92 Å².